The number of ether oxygens (including phenoxy) is 1. The molecule has 0 bridgehead atoms. The zero-order chi connectivity index (χ0) is 19.9. The van der Waals surface area contributed by atoms with Gasteiger partial charge in [0.2, 0.25) is 0 Å². The highest BCUT2D eigenvalue weighted by molar-refractivity contribution is 14.0. The molecule has 3 rings (SSSR count). The summed E-state index contributed by atoms with van der Waals surface area (Å²) < 4.78 is 11.2. The van der Waals surface area contributed by atoms with Gasteiger partial charge in [0.25, 0.3) is 0 Å². The lowest BCUT2D eigenvalue weighted by Gasteiger charge is -2.29. The van der Waals surface area contributed by atoms with Crippen molar-refractivity contribution >= 4 is 29.9 Å². The number of benzene rings is 1. The first-order valence-electron chi connectivity index (χ1n) is 9.96. The van der Waals surface area contributed by atoms with Crippen molar-refractivity contribution in [2.75, 3.05) is 40.8 Å². The van der Waals surface area contributed by atoms with Crippen LogP contribution < -0.4 is 10.1 Å². The van der Waals surface area contributed by atoms with E-state index in [2.05, 4.69) is 45.4 Å². The van der Waals surface area contributed by atoms with Crippen molar-refractivity contribution in [3.8, 4) is 5.75 Å². The highest BCUT2D eigenvalue weighted by Gasteiger charge is 2.26. The van der Waals surface area contributed by atoms with Crippen molar-refractivity contribution in [3.05, 3.63) is 53.5 Å². The molecule has 0 amide bonds. The number of halogens is 1. The van der Waals surface area contributed by atoms with Crippen LogP contribution in [0.25, 0.3) is 0 Å². The molecule has 1 aliphatic heterocycles. The van der Waals surface area contributed by atoms with E-state index in [9.17, 15) is 0 Å². The zero-order valence-corrected chi connectivity index (χ0v) is 20.2. The van der Waals surface area contributed by atoms with Gasteiger partial charge >= 0.3 is 0 Å². The SMILES string of the molecule is CN=C(NCC(c1ccc(C)o1)N1CCCC1)N(C)Cc1ccc(OC)cc1.I. The number of likely N-dealkylation sites (tertiary alicyclic amines) is 1. The number of furan rings is 1. The first-order chi connectivity index (χ1) is 13.6. The van der Waals surface area contributed by atoms with Crippen LogP contribution in [0.15, 0.2) is 45.8 Å². The summed E-state index contributed by atoms with van der Waals surface area (Å²) in [5.41, 5.74) is 1.21. The lowest BCUT2D eigenvalue weighted by molar-refractivity contribution is 0.212. The van der Waals surface area contributed by atoms with Crippen LogP contribution >= 0.6 is 24.0 Å². The second kappa shape index (κ2) is 11.4. The summed E-state index contributed by atoms with van der Waals surface area (Å²) >= 11 is 0. The lowest BCUT2D eigenvalue weighted by Crippen LogP contribution is -2.43. The molecular weight excluding hydrogens is 479 g/mol. The maximum Gasteiger partial charge on any atom is 0.193 e. The summed E-state index contributed by atoms with van der Waals surface area (Å²) in [6, 6.07) is 12.5. The molecular formula is C22H33IN4O2. The highest BCUT2D eigenvalue weighted by atomic mass is 127. The predicted molar refractivity (Wildman–Crippen MR) is 128 cm³/mol. The van der Waals surface area contributed by atoms with Gasteiger partial charge in [0, 0.05) is 27.2 Å². The summed E-state index contributed by atoms with van der Waals surface area (Å²) in [6.07, 6.45) is 2.50. The molecule has 0 saturated carbocycles. The smallest absolute Gasteiger partial charge is 0.193 e. The minimum Gasteiger partial charge on any atom is -0.497 e. The summed E-state index contributed by atoms with van der Waals surface area (Å²) in [6.45, 7) is 5.78. The van der Waals surface area contributed by atoms with Crippen molar-refractivity contribution in [3.63, 3.8) is 0 Å². The average molecular weight is 512 g/mol. The molecule has 2 heterocycles. The van der Waals surface area contributed by atoms with Crippen LogP contribution in [-0.4, -0.2) is 56.6 Å². The third kappa shape index (κ3) is 6.37. The van der Waals surface area contributed by atoms with Gasteiger partial charge < -0.3 is 19.4 Å². The van der Waals surface area contributed by atoms with E-state index in [4.69, 9.17) is 9.15 Å². The molecule has 1 saturated heterocycles. The Balaban J connectivity index is 0.00000300. The van der Waals surface area contributed by atoms with Crippen LogP contribution in [0.3, 0.4) is 0 Å². The van der Waals surface area contributed by atoms with E-state index in [0.29, 0.717) is 0 Å². The molecule has 1 aliphatic rings. The topological polar surface area (TPSA) is 53.2 Å². The van der Waals surface area contributed by atoms with Crippen LogP contribution in [0.4, 0.5) is 0 Å². The molecule has 1 atom stereocenters. The Morgan fingerprint density at radius 3 is 2.45 bits per heavy atom. The number of hydrogen-bond acceptors (Lipinski definition) is 4. The van der Waals surface area contributed by atoms with Gasteiger partial charge in [0.15, 0.2) is 5.96 Å². The van der Waals surface area contributed by atoms with Gasteiger partial charge in [-0.25, -0.2) is 0 Å². The van der Waals surface area contributed by atoms with Crippen LogP contribution in [-0.2, 0) is 6.54 Å². The van der Waals surface area contributed by atoms with E-state index in [0.717, 1.165) is 49.4 Å². The summed E-state index contributed by atoms with van der Waals surface area (Å²) in [5, 5.41) is 3.55. The maximum absolute atomic E-state index is 5.95. The largest absolute Gasteiger partial charge is 0.497 e. The second-order valence-electron chi connectivity index (χ2n) is 7.34. The van der Waals surface area contributed by atoms with Crippen molar-refractivity contribution in [1.82, 2.24) is 15.1 Å². The van der Waals surface area contributed by atoms with Crippen molar-refractivity contribution in [2.24, 2.45) is 4.99 Å². The molecule has 6 nitrogen and oxygen atoms in total. The molecule has 1 unspecified atom stereocenters. The molecule has 1 aromatic carbocycles. The van der Waals surface area contributed by atoms with Gasteiger partial charge in [-0.15, -0.1) is 24.0 Å². The maximum atomic E-state index is 5.95. The Labute approximate surface area is 191 Å². The van der Waals surface area contributed by atoms with Gasteiger partial charge in [-0.05, 0) is 62.7 Å². The normalized spacial score (nSPS) is 15.7. The highest BCUT2D eigenvalue weighted by Crippen LogP contribution is 2.26. The zero-order valence-electron chi connectivity index (χ0n) is 17.9. The molecule has 2 aromatic rings. The Morgan fingerprint density at radius 1 is 1.21 bits per heavy atom. The summed E-state index contributed by atoms with van der Waals surface area (Å²) in [7, 11) is 5.57. The molecule has 7 heteroatoms. The monoisotopic (exact) mass is 512 g/mol. The van der Waals surface area contributed by atoms with E-state index in [1.807, 2.05) is 32.2 Å². The Bertz CT molecular complexity index is 769. The predicted octanol–water partition coefficient (Wildman–Crippen LogP) is 4.06. The van der Waals surface area contributed by atoms with E-state index in [1.165, 1.54) is 18.4 Å². The average Bonchev–Trinajstić information content (AvgIpc) is 3.38. The van der Waals surface area contributed by atoms with Crippen LogP contribution in [0.5, 0.6) is 5.75 Å². The number of nitrogens with one attached hydrogen (secondary N) is 1. The molecule has 1 N–H and O–H groups in total. The second-order valence-corrected chi connectivity index (χ2v) is 7.34. The number of aryl methyl sites for hydroxylation is 1. The fraction of sp³-hybridized carbons (Fsp3) is 0.500. The van der Waals surface area contributed by atoms with Crippen molar-refractivity contribution < 1.29 is 9.15 Å². The third-order valence-electron chi connectivity index (χ3n) is 5.28. The van der Waals surface area contributed by atoms with Gasteiger partial charge in [-0.3, -0.25) is 9.89 Å². The number of hydrogen-bond donors (Lipinski definition) is 1. The number of methoxy groups -OCH3 is 1. The quantitative estimate of drug-likeness (QED) is 0.345. The molecule has 0 aliphatic carbocycles. The first-order valence-corrected chi connectivity index (χ1v) is 9.96. The third-order valence-corrected chi connectivity index (χ3v) is 5.28. The summed E-state index contributed by atoms with van der Waals surface area (Å²) in [5.74, 6) is 3.74. The fourth-order valence-electron chi connectivity index (χ4n) is 3.75. The number of aliphatic imine (C=N–C) groups is 1. The Kier molecular flexibility index (Phi) is 9.29. The lowest BCUT2D eigenvalue weighted by atomic mass is 10.2. The molecule has 160 valence electrons. The van der Waals surface area contributed by atoms with Crippen LogP contribution in [0.2, 0.25) is 0 Å². The minimum atomic E-state index is 0. The Hall–Kier alpha value is -1.74. The van der Waals surface area contributed by atoms with Gasteiger partial charge in [-0.2, -0.15) is 0 Å². The van der Waals surface area contributed by atoms with E-state index >= 15 is 0 Å². The van der Waals surface area contributed by atoms with Gasteiger partial charge in [0.1, 0.15) is 17.3 Å². The summed E-state index contributed by atoms with van der Waals surface area (Å²) in [4.78, 5) is 9.11. The minimum absolute atomic E-state index is 0. The first kappa shape index (κ1) is 23.5. The van der Waals surface area contributed by atoms with Crippen LogP contribution in [0, 0.1) is 6.92 Å². The van der Waals surface area contributed by atoms with E-state index < -0.39 is 0 Å². The van der Waals surface area contributed by atoms with Crippen LogP contribution in [0.1, 0.15) is 36.0 Å². The Morgan fingerprint density at radius 2 is 1.90 bits per heavy atom. The molecule has 1 aromatic heterocycles. The fourth-order valence-corrected chi connectivity index (χ4v) is 3.75. The molecule has 1 fully saturated rings. The van der Waals surface area contributed by atoms with Gasteiger partial charge in [-0.1, -0.05) is 12.1 Å². The van der Waals surface area contributed by atoms with Crippen molar-refractivity contribution in [1.29, 1.82) is 0 Å². The number of rotatable bonds is 7. The number of nitrogens with zero attached hydrogens (tertiary/aromatic N) is 3. The van der Waals surface area contributed by atoms with E-state index in [-0.39, 0.29) is 30.0 Å². The van der Waals surface area contributed by atoms with Gasteiger partial charge in [0.05, 0.1) is 13.2 Å². The molecule has 29 heavy (non-hydrogen) atoms. The number of guanidine groups is 1. The van der Waals surface area contributed by atoms with E-state index in [1.54, 1.807) is 7.11 Å². The van der Waals surface area contributed by atoms with Crippen molar-refractivity contribution in [2.45, 2.75) is 32.4 Å². The molecule has 0 radical (unpaired) electrons. The standard InChI is InChI=1S/C22H32N4O2.HI/c1-17-7-12-21(28-17)20(26-13-5-6-14-26)15-24-22(23-2)25(3)16-18-8-10-19(27-4)11-9-18;/h7-12,20H,5-6,13-16H2,1-4H3,(H,23,24);1H. The molecule has 0 spiro atoms.